The highest BCUT2D eigenvalue weighted by atomic mass is 15.2. The summed E-state index contributed by atoms with van der Waals surface area (Å²) in [6.45, 7) is 2.93. The highest BCUT2D eigenvalue weighted by Crippen LogP contribution is 2.31. The Bertz CT molecular complexity index is 358. The Hall–Kier alpha value is -0.860. The molecule has 94 valence electrons. The van der Waals surface area contributed by atoms with Crippen LogP contribution in [0, 0.1) is 0 Å². The molecular formula is C15H24N2. The zero-order valence-corrected chi connectivity index (χ0v) is 11.0. The van der Waals surface area contributed by atoms with E-state index in [4.69, 9.17) is 5.73 Å². The fraction of sp³-hybridized carbons (Fsp3) is 0.600. The van der Waals surface area contributed by atoms with Crippen molar-refractivity contribution < 1.29 is 0 Å². The monoisotopic (exact) mass is 232 g/mol. The smallest absolute Gasteiger partial charge is 0.0473 e. The van der Waals surface area contributed by atoms with Crippen molar-refractivity contribution in [3.05, 3.63) is 35.4 Å². The predicted octanol–water partition coefficient (Wildman–Crippen LogP) is 2.73. The van der Waals surface area contributed by atoms with E-state index in [-0.39, 0.29) is 0 Å². The summed E-state index contributed by atoms with van der Waals surface area (Å²) in [4.78, 5) is 2.48. The molecule has 2 nitrogen and oxygen atoms in total. The van der Waals surface area contributed by atoms with Crippen molar-refractivity contribution in [2.45, 2.75) is 44.7 Å². The number of likely N-dealkylation sites (N-methyl/N-ethyl adjacent to an activating group) is 1. The maximum absolute atomic E-state index is 6.00. The number of hydrogen-bond acceptors (Lipinski definition) is 2. The molecule has 1 saturated carbocycles. The zero-order valence-electron chi connectivity index (χ0n) is 11.0. The van der Waals surface area contributed by atoms with Crippen LogP contribution in [0.1, 0.15) is 43.4 Å². The lowest BCUT2D eigenvalue weighted by Gasteiger charge is -2.40. The zero-order chi connectivity index (χ0) is 12.3. The van der Waals surface area contributed by atoms with Crippen molar-refractivity contribution in [2.75, 3.05) is 13.6 Å². The average molecular weight is 232 g/mol. The van der Waals surface area contributed by atoms with Gasteiger partial charge < -0.3 is 5.73 Å². The quantitative estimate of drug-likeness (QED) is 0.846. The fourth-order valence-corrected chi connectivity index (χ4v) is 2.74. The molecule has 0 saturated heterocycles. The van der Waals surface area contributed by atoms with Gasteiger partial charge in [0.2, 0.25) is 0 Å². The molecule has 2 heteroatoms. The van der Waals surface area contributed by atoms with Gasteiger partial charge in [-0.05, 0) is 37.4 Å². The van der Waals surface area contributed by atoms with E-state index in [0.717, 1.165) is 12.5 Å². The second kappa shape index (κ2) is 5.65. The Morgan fingerprint density at radius 1 is 1.35 bits per heavy atom. The summed E-state index contributed by atoms with van der Waals surface area (Å²) in [5, 5.41) is 0. The number of hydrogen-bond donors (Lipinski definition) is 1. The number of nitrogens with zero attached hydrogens (tertiary/aromatic N) is 1. The van der Waals surface area contributed by atoms with Crippen LogP contribution in [0.4, 0.5) is 0 Å². The van der Waals surface area contributed by atoms with Crippen molar-refractivity contribution >= 4 is 0 Å². The molecule has 0 amide bonds. The van der Waals surface area contributed by atoms with E-state index in [1.54, 1.807) is 0 Å². The van der Waals surface area contributed by atoms with Crippen LogP contribution in [-0.4, -0.2) is 24.5 Å². The lowest BCUT2D eigenvalue weighted by molar-refractivity contribution is 0.113. The molecule has 2 rings (SSSR count). The molecule has 0 aliphatic heterocycles. The topological polar surface area (TPSA) is 29.3 Å². The Kier molecular flexibility index (Phi) is 4.19. The van der Waals surface area contributed by atoms with Crippen molar-refractivity contribution in [1.29, 1.82) is 0 Å². The second-order valence-electron chi connectivity index (χ2n) is 5.05. The average Bonchev–Trinajstić information content (AvgIpc) is 2.28. The molecule has 1 aromatic carbocycles. The third kappa shape index (κ3) is 2.53. The van der Waals surface area contributed by atoms with Crippen LogP contribution in [0.3, 0.4) is 0 Å². The highest BCUT2D eigenvalue weighted by Gasteiger charge is 2.28. The first-order valence-corrected chi connectivity index (χ1v) is 6.77. The molecular weight excluding hydrogens is 208 g/mol. The van der Waals surface area contributed by atoms with Crippen molar-refractivity contribution in [3.63, 3.8) is 0 Å². The van der Waals surface area contributed by atoms with E-state index in [1.807, 2.05) is 0 Å². The van der Waals surface area contributed by atoms with E-state index >= 15 is 0 Å². The molecule has 1 unspecified atom stereocenters. The normalized spacial score (nSPS) is 18.1. The SMILES string of the molecule is CCc1ccccc1C(CN)N(C)C1CCC1. The minimum absolute atomic E-state index is 0.386. The van der Waals surface area contributed by atoms with Gasteiger partial charge >= 0.3 is 0 Å². The maximum atomic E-state index is 6.00. The van der Waals surface area contributed by atoms with Crippen LogP contribution in [0.15, 0.2) is 24.3 Å². The van der Waals surface area contributed by atoms with Gasteiger partial charge in [-0.1, -0.05) is 37.6 Å². The molecule has 2 N–H and O–H groups in total. The van der Waals surface area contributed by atoms with E-state index in [1.165, 1.54) is 30.4 Å². The summed E-state index contributed by atoms with van der Waals surface area (Å²) in [6, 6.07) is 9.85. The maximum Gasteiger partial charge on any atom is 0.0473 e. The first kappa shape index (κ1) is 12.6. The Balaban J connectivity index is 2.21. The molecule has 1 aliphatic rings. The van der Waals surface area contributed by atoms with E-state index < -0.39 is 0 Å². The molecule has 1 aliphatic carbocycles. The van der Waals surface area contributed by atoms with E-state index in [9.17, 15) is 0 Å². The summed E-state index contributed by atoms with van der Waals surface area (Å²) >= 11 is 0. The lowest BCUT2D eigenvalue weighted by atomic mass is 9.88. The van der Waals surface area contributed by atoms with E-state index in [0.29, 0.717) is 12.6 Å². The largest absolute Gasteiger partial charge is 0.329 e. The minimum Gasteiger partial charge on any atom is -0.329 e. The summed E-state index contributed by atoms with van der Waals surface area (Å²) in [5.41, 5.74) is 8.87. The first-order valence-electron chi connectivity index (χ1n) is 6.77. The summed E-state index contributed by atoms with van der Waals surface area (Å²) in [7, 11) is 2.23. The molecule has 0 bridgehead atoms. The Morgan fingerprint density at radius 2 is 2.06 bits per heavy atom. The van der Waals surface area contributed by atoms with Crippen molar-refractivity contribution in [2.24, 2.45) is 5.73 Å². The number of nitrogens with two attached hydrogens (primary N) is 1. The van der Waals surface area contributed by atoms with E-state index in [2.05, 4.69) is 43.1 Å². The molecule has 0 radical (unpaired) electrons. The first-order chi connectivity index (χ1) is 8.27. The van der Waals surface area contributed by atoms with Gasteiger partial charge in [-0.25, -0.2) is 0 Å². The van der Waals surface area contributed by atoms with Crippen molar-refractivity contribution in [1.82, 2.24) is 4.90 Å². The van der Waals surface area contributed by atoms with Crippen molar-refractivity contribution in [3.8, 4) is 0 Å². The van der Waals surface area contributed by atoms with Gasteiger partial charge in [0.25, 0.3) is 0 Å². The number of rotatable bonds is 5. The third-order valence-corrected chi connectivity index (χ3v) is 4.16. The van der Waals surface area contributed by atoms with Crippen LogP contribution in [0.2, 0.25) is 0 Å². The van der Waals surface area contributed by atoms with Gasteiger partial charge in [0.15, 0.2) is 0 Å². The van der Waals surface area contributed by atoms with Gasteiger partial charge in [-0.3, -0.25) is 4.90 Å². The fourth-order valence-electron chi connectivity index (χ4n) is 2.74. The molecule has 0 heterocycles. The lowest BCUT2D eigenvalue weighted by Crippen LogP contribution is -2.42. The molecule has 1 atom stereocenters. The van der Waals surface area contributed by atoms with Crippen LogP contribution in [0.25, 0.3) is 0 Å². The van der Waals surface area contributed by atoms with Crippen LogP contribution in [-0.2, 0) is 6.42 Å². The Labute approximate surface area is 105 Å². The van der Waals surface area contributed by atoms with Gasteiger partial charge in [-0.2, -0.15) is 0 Å². The van der Waals surface area contributed by atoms with Crippen LogP contribution >= 0.6 is 0 Å². The summed E-state index contributed by atoms with van der Waals surface area (Å²) < 4.78 is 0. The van der Waals surface area contributed by atoms with Crippen LogP contribution < -0.4 is 5.73 Å². The van der Waals surface area contributed by atoms with Gasteiger partial charge in [0.05, 0.1) is 0 Å². The second-order valence-corrected chi connectivity index (χ2v) is 5.05. The molecule has 1 aromatic rings. The highest BCUT2D eigenvalue weighted by molar-refractivity contribution is 5.30. The number of aryl methyl sites for hydroxylation is 1. The van der Waals surface area contributed by atoms with Gasteiger partial charge in [0, 0.05) is 18.6 Å². The Morgan fingerprint density at radius 3 is 2.59 bits per heavy atom. The molecule has 1 fully saturated rings. The summed E-state index contributed by atoms with van der Waals surface area (Å²) in [5.74, 6) is 0. The minimum atomic E-state index is 0.386. The van der Waals surface area contributed by atoms with Gasteiger partial charge in [0.1, 0.15) is 0 Å². The molecule has 0 aromatic heterocycles. The van der Waals surface area contributed by atoms with Gasteiger partial charge in [-0.15, -0.1) is 0 Å². The molecule has 17 heavy (non-hydrogen) atoms. The number of benzene rings is 1. The predicted molar refractivity (Wildman–Crippen MR) is 73.0 cm³/mol. The third-order valence-electron chi connectivity index (χ3n) is 4.16. The standard InChI is InChI=1S/C15H24N2/c1-3-12-7-4-5-10-14(12)15(11-16)17(2)13-8-6-9-13/h4-5,7,10,13,15H,3,6,8-9,11,16H2,1-2H3. The van der Waals surface area contributed by atoms with Crippen LogP contribution in [0.5, 0.6) is 0 Å². The summed E-state index contributed by atoms with van der Waals surface area (Å²) in [6.07, 6.45) is 5.13. The molecule has 0 spiro atoms.